The Kier molecular flexibility index (Phi) is 3.71. The lowest BCUT2D eigenvalue weighted by atomic mass is 9.72. The Labute approximate surface area is 124 Å². The van der Waals surface area contributed by atoms with E-state index in [1.54, 1.807) is 12.1 Å². The maximum absolute atomic E-state index is 10.7. The van der Waals surface area contributed by atoms with Crippen LogP contribution < -0.4 is 5.32 Å². The summed E-state index contributed by atoms with van der Waals surface area (Å²) in [5.74, 6) is 0.529. The van der Waals surface area contributed by atoms with E-state index in [2.05, 4.69) is 29.6 Å². The van der Waals surface area contributed by atoms with E-state index in [-0.39, 0.29) is 10.6 Å². The predicted molar refractivity (Wildman–Crippen MR) is 82.5 cm³/mol. The van der Waals surface area contributed by atoms with E-state index in [9.17, 15) is 10.1 Å². The molecule has 0 bridgehead atoms. The summed E-state index contributed by atoms with van der Waals surface area (Å²) in [4.78, 5) is 10.3. The predicted octanol–water partition coefficient (Wildman–Crippen LogP) is 3.07. The fourth-order valence-corrected chi connectivity index (χ4v) is 3.11. The van der Waals surface area contributed by atoms with Crippen molar-refractivity contribution in [3.05, 3.63) is 75.3 Å². The molecule has 1 N–H and O–H groups in total. The van der Waals surface area contributed by atoms with Crippen LogP contribution in [0.3, 0.4) is 0 Å². The molecule has 0 aliphatic heterocycles. The number of hydrogen-bond donors (Lipinski definition) is 1. The van der Waals surface area contributed by atoms with Crippen LogP contribution in [0.2, 0.25) is 0 Å². The molecule has 0 amide bonds. The van der Waals surface area contributed by atoms with Crippen LogP contribution in [-0.4, -0.2) is 18.0 Å². The van der Waals surface area contributed by atoms with E-state index in [4.69, 9.17) is 0 Å². The Morgan fingerprint density at radius 3 is 2.57 bits per heavy atom. The van der Waals surface area contributed by atoms with Crippen LogP contribution in [-0.2, 0) is 12.8 Å². The van der Waals surface area contributed by atoms with Gasteiger partial charge in [0.15, 0.2) is 0 Å². The minimum Gasteiger partial charge on any atom is -0.316 e. The molecule has 0 heterocycles. The third kappa shape index (κ3) is 2.67. The van der Waals surface area contributed by atoms with Crippen molar-refractivity contribution in [1.82, 2.24) is 5.32 Å². The highest BCUT2D eigenvalue weighted by molar-refractivity contribution is 5.42. The van der Waals surface area contributed by atoms with Crippen LogP contribution in [0, 0.1) is 10.1 Å². The number of nitro groups is 1. The first-order valence-electron chi connectivity index (χ1n) is 7.17. The number of fused-ring (bicyclic) bond motifs is 1. The van der Waals surface area contributed by atoms with Crippen LogP contribution >= 0.6 is 0 Å². The molecule has 21 heavy (non-hydrogen) atoms. The van der Waals surface area contributed by atoms with Gasteiger partial charge < -0.3 is 5.32 Å². The van der Waals surface area contributed by atoms with E-state index in [1.165, 1.54) is 11.1 Å². The first-order valence-corrected chi connectivity index (χ1v) is 7.17. The standard InChI is InChI=1S/C17H18N2O2/c1-18-17(16-11-13-4-2-3-5-15(13)16)10-12-6-8-14(9-7-12)19(20)21/h2-9,16-18H,10-11H2,1H3. The van der Waals surface area contributed by atoms with Crippen LogP contribution in [0.1, 0.15) is 22.6 Å². The number of nitrogens with zero attached hydrogens (tertiary/aromatic N) is 1. The second-order valence-corrected chi connectivity index (χ2v) is 5.53. The molecule has 0 fully saturated rings. The zero-order valence-electron chi connectivity index (χ0n) is 12.0. The largest absolute Gasteiger partial charge is 0.316 e. The highest BCUT2D eigenvalue weighted by Crippen LogP contribution is 2.38. The summed E-state index contributed by atoms with van der Waals surface area (Å²) in [6, 6.07) is 15.8. The van der Waals surface area contributed by atoms with Crippen LogP contribution in [0.15, 0.2) is 48.5 Å². The second-order valence-electron chi connectivity index (χ2n) is 5.53. The minimum absolute atomic E-state index is 0.147. The molecule has 0 saturated heterocycles. The molecular formula is C17H18N2O2. The van der Waals surface area contributed by atoms with Crippen LogP contribution in [0.25, 0.3) is 0 Å². The van der Waals surface area contributed by atoms with Crippen molar-refractivity contribution in [2.45, 2.75) is 24.8 Å². The molecule has 108 valence electrons. The Morgan fingerprint density at radius 2 is 1.95 bits per heavy atom. The van der Waals surface area contributed by atoms with Crippen molar-refractivity contribution < 1.29 is 4.92 Å². The molecule has 2 aromatic carbocycles. The van der Waals surface area contributed by atoms with E-state index in [0.717, 1.165) is 18.4 Å². The molecule has 0 aromatic heterocycles. The van der Waals surface area contributed by atoms with Gasteiger partial charge in [-0.3, -0.25) is 10.1 Å². The second kappa shape index (κ2) is 5.66. The summed E-state index contributed by atoms with van der Waals surface area (Å²) < 4.78 is 0. The molecule has 2 aromatic rings. The van der Waals surface area contributed by atoms with Crippen molar-refractivity contribution in [3.63, 3.8) is 0 Å². The number of benzene rings is 2. The number of non-ortho nitro benzene ring substituents is 1. The lowest BCUT2D eigenvalue weighted by Crippen LogP contribution is -2.39. The van der Waals surface area contributed by atoms with Crippen LogP contribution in [0.5, 0.6) is 0 Å². The van der Waals surface area contributed by atoms with Gasteiger partial charge in [0.25, 0.3) is 5.69 Å². The van der Waals surface area contributed by atoms with Crippen molar-refractivity contribution in [2.75, 3.05) is 7.05 Å². The number of likely N-dealkylation sites (N-methyl/N-ethyl adjacent to an activating group) is 1. The van der Waals surface area contributed by atoms with E-state index >= 15 is 0 Å². The zero-order chi connectivity index (χ0) is 14.8. The first kappa shape index (κ1) is 13.8. The molecule has 0 saturated carbocycles. The SMILES string of the molecule is CNC(Cc1ccc([N+](=O)[O-])cc1)C1Cc2ccccc21. The van der Waals surface area contributed by atoms with Gasteiger partial charge in [-0.25, -0.2) is 0 Å². The molecule has 3 rings (SSSR count). The Balaban J connectivity index is 1.72. The summed E-state index contributed by atoms with van der Waals surface area (Å²) in [6.45, 7) is 0. The smallest absolute Gasteiger partial charge is 0.269 e. The average Bonchev–Trinajstić information content (AvgIpc) is 2.48. The Morgan fingerprint density at radius 1 is 1.24 bits per heavy atom. The van der Waals surface area contributed by atoms with Crippen molar-refractivity contribution in [2.24, 2.45) is 0 Å². The summed E-state index contributed by atoms with van der Waals surface area (Å²) in [6.07, 6.45) is 1.99. The minimum atomic E-state index is -0.360. The quantitative estimate of drug-likeness (QED) is 0.677. The molecular weight excluding hydrogens is 264 g/mol. The molecule has 1 aliphatic rings. The van der Waals surface area contributed by atoms with Crippen molar-refractivity contribution >= 4 is 5.69 Å². The number of rotatable bonds is 5. The number of hydrogen-bond acceptors (Lipinski definition) is 3. The van der Waals surface area contributed by atoms with E-state index < -0.39 is 0 Å². The Bertz CT molecular complexity index is 652. The molecule has 2 atom stereocenters. The zero-order valence-corrected chi connectivity index (χ0v) is 12.0. The van der Waals surface area contributed by atoms with E-state index in [1.807, 2.05) is 19.2 Å². The Hall–Kier alpha value is -2.20. The average molecular weight is 282 g/mol. The van der Waals surface area contributed by atoms with Crippen LogP contribution in [0.4, 0.5) is 5.69 Å². The fourth-order valence-electron chi connectivity index (χ4n) is 3.11. The summed E-state index contributed by atoms with van der Waals surface area (Å²) in [5.41, 5.74) is 4.14. The fraction of sp³-hybridized carbons (Fsp3) is 0.294. The van der Waals surface area contributed by atoms with E-state index in [0.29, 0.717) is 12.0 Å². The third-order valence-corrected chi connectivity index (χ3v) is 4.35. The number of nitro benzene ring substituents is 1. The van der Waals surface area contributed by atoms with Gasteiger partial charge in [-0.05, 0) is 36.6 Å². The highest BCUT2D eigenvalue weighted by Gasteiger charge is 2.31. The molecule has 4 heteroatoms. The van der Waals surface area contributed by atoms with Gasteiger partial charge in [0, 0.05) is 24.1 Å². The summed E-state index contributed by atoms with van der Waals surface area (Å²) in [5, 5.41) is 14.1. The monoisotopic (exact) mass is 282 g/mol. The number of nitrogens with one attached hydrogen (secondary N) is 1. The molecule has 4 nitrogen and oxygen atoms in total. The maximum Gasteiger partial charge on any atom is 0.269 e. The molecule has 2 unspecified atom stereocenters. The van der Waals surface area contributed by atoms with Gasteiger partial charge >= 0.3 is 0 Å². The van der Waals surface area contributed by atoms with Gasteiger partial charge in [0.1, 0.15) is 0 Å². The van der Waals surface area contributed by atoms with Gasteiger partial charge in [-0.2, -0.15) is 0 Å². The lowest BCUT2D eigenvalue weighted by Gasteiger charge is -2.36. The third-order valence-electron chi connectivity index (χ3n) is 4.35. The lowest BCUT2D eigenvalue weighted by molar-refractivity contribution is -0.384. The molecule has 0 spiro atoms. The van der Waals surface area contributed by atoms with Gasteiger partial charge in [-0.15, -0.1) is 0 Å². The van der Waals surface area contributed by atoms with Gasteiger partial charge in [0.2, 0.25) is 0 Å². The summed E-state index contributed by atoms with van der Waals surface area (Å²) >= 11 is 0. The van der Waals surface area contributed by atoms with Gasteiger partial charge in [-0.1, -0.05) is 36.4 Å². The van der Waals surface area contributed by atoms with Gasteiger partial charge in [0.05, 0.1) is 4.92 Å². The van der Waals surface area contributed by atoms with Crippen molar-refractivity contribution in [3.8, 4) is 0 Å². The first-order chi connectivity index (χ1) is 10.2. The summed E-state index contributed by atoms with van der Waals surface area (Å²) in [7, 11) is 1.98. The normalized spacial score (nSPS) is 17.7. The topological polar surface area (TPSA) is 55.2 Å². The van der Waals surface area contributed by atoms with Crippen molar-refractivity contribution in [1.29, 1.82) is 0 Å². The maximum atomic E-state index is 10.7. The molecule has 1 aliphatic carbocycles. The highest BCUT2D eigenvalue weighted by atomic mass is 16.6. The molecule has 0 radical (unpaired) electrons.